The van der Waals surface area contributed by atoms with E-state index in [0.29, 0.717) is 26.2 Å². The molecule has 0 heterocycles. The number of aliphatic hydroxyl groups excluding tert-OH is 1. The third kappa shape index (κ3) is 8.64. The van der Waals surface area contributed by atoms with Crippen molar-refractivity contribution < 1.29 is 19.4 Å². The normalized spacial score (nSPS) is 11.5. The highest BCUT2D eigenvalue weighted by Gasteiger charge is 2.15. The molecule has 0 atom stereocenters. The lowest BCUT2D eigenvalue weighted by molar-refractivity contribution is -0.148. The van der Waals surface area contributed by atoms with Gasteiger partial charge in [-0.15, -0.1) is 0 Å². The van der Waals surface area contributed by atoms with E-state index in [1.165, 1.54) is 0 Å². The summed E-state index contributed by atoms with van der Waals surface area (Å²) in [5, 5.41) is 12.0. The number of carbonyl (C=O) groups is 1. The number of hydrogen-bond donors (Lipinski definition) is 2. The molecule has 0 amide bonds. The first-order valence-corrected chi connectivity index (χ1v) is 5.61. The van der Waals surface area contributed by atoms with Gasteiger partial charge in [0.1, 0.15) is 6.61 Å². The van der Waals surface area contributed by atoms with Gasteiger partial charge in [0.15, 0.2) is 0 Å². The predicted octanol–water partition coefficient (Wildman–Crippen LogP) is 0.317. The van der Waals surface area contributed by atoms with Crippen LogP contribution in [0.5, 0.6) is 0 Å². The molecule has 0 aliphatic carbocycles. The summed E-state index contributed by atoms with van der Waals surface area (Å²) in [7, 11) is 0. The molecule has 0 saturated carbocycles. The van der Waals surface area contributed by atoms with Crippen LogP contribution < -0.4 is 5.32 Å². The van der Waals surface area contributed by atoms with Crippen LogP contribution in [-0.4, -0.2) is 49.6 Å². The molecule has 2 N–H and O–H groups in total. The van der Waals surface area contributed by atoms with Crippen LogP contribution in [0.2, 0.25) is 0 Å². The second-order valence-corrected chi connectivity index (χ2v) is 4.14. The Kier molecular flexibility index (Phi) is 8.15. The maximum Gasteiger partial charge on any atom is 0.332 e. The molecule has 0 spiro atoms. The summed E-state index contributed by atoms with van der Waals surface area (Å²) >= 11 is 0. The minimum absolute atomic E-state index is 0.00402. The molecule has 0 aromatic rings. The van der Waals surface area contributed by atoms with Crippen molar-refractivity contribution >= 4 is 5.97 Å². The maximum absolute atomic E-state index is 10.9. The summed E-state index contributed by atoms with van der Waals surface area (Å²) in [6.07, 6.45) is 0.685. The summed E-state index contributed by atoms with van der Waals surface area (Å²) in [4.78, 5) is 10.9. The van der Waals surface area contributed by atoms with E-state index in [1.54, 1.807) is 6.92 Å². The number of aliphatic hydroxyl groups is 1. The van der Waals surface area contributed by atoms with Gasteiger partial charge in [-0.2, -0.15) is 0 Å². The fourth-order valence-electron chi connectivity index (χ4n) is 1.19. The first-order valence-electron chi connectivity index (χ1n) is 5.61. The van der Waals surface area contributed by atoms with Gasteiger partial charge < -0.3 is 19.9 Å². The molecule has 16 heavy (non-hydrogen) atoms. The summed E-state index contributed by atoms with van der Waals surface area (Å²) in [6, 6.07) is 0. The Morgan fingerprint density at radius 1 is 1.44 bits per heavy atom. The second kappa shape index (κ2) is 8.50. The van der Waals surface area contributed by atoms with Gasteiger partial charge in [-0.05, 0) is 27.2 Å². The van der Waals surface area contributed by atoms with Gasteiger partial charge >= 0.3 is 5.97 Å². The van der Waals surface area contributed by atoms with Crippen molar-refractivity contribution in [3.63, 3.8) is 0 Å². The average molecular weight is 233 g/mol. The Labute approximate surface area is 97.1 Å². The standard InChI is InChI=1S/C11H23NO4/c1-4-16-10(14)9-15-8-6-12-11(2,3)5-7-13/h12-13H,4-9H2,1-3H3. The Morgan fingerprint density at radius 3 is 2.69 bits per heavy atom. The van der Waals surface area contributed by atoms with Gasteiger partial charge in [-0.1, -0.05) is 0 Å². The Morgan fingerprint density at radius 2 is 2.12 bits per heavy atom. The second-order valence-electron chi connectivity index (χ2n) is 4.14. The molecule has 0 saturated heterocycles. The minimum Gasteiger partial charge on any atom is -0.464 e. The van der Waals surface area contributed by atoms with Gasteiger partial charge in [-0.3, -0.25) is 0 Å². The number of carbonyl (C=O) groups excluding carboxylic acids is 1. The topological polar surface area (TPSA) is 67.8 Å². The molecule has 0 aromatic heterocycles. The first-order chi connectivity index (χ1) is 7.52. The van der Waals surface area contributed by atoms with Crippen molar-refractivity contribution in [1.29, 1.82) is 0 Å². The lowest BCUT2D eigenvalue weighted by atomic mass is 10.0. The lowest BCUT2D eigenvalue weighted by Crippen LogP contribution is -2.41. The molecule has 5 nitrogen and oxygen atoms in total. The van der Waals surface area contributed by atoms with E-state index in [-0.39, 0.29) is 24.7 Å². The molecule has 0 unspecified atom stereocenters. The van der Waals surface area contributed by atoms with E-state index in [4.69, 9.17) is 14.6 Å². The molecule has 0 fully saturated rings. The van der Waals surface area contributed by atoms with Gasteiger partial charge in [0.05, 0.1) is 13.2 Å². The van der Waals surface area contributed by atoms with Crippen LogP contribution in [0.4, 0.5) is 0 Å². The quantitative estimate of drug-likeness (QED) is 0.443. The van der Waals surface area contributed by atoms with Crippen LogP contribution >= 0.6 is 0 Å². The third-order valence-corrected chi connectivity index (χ3v) is 2.11. The van der Waals surface area contributed by atoms with E-state index in [2.05, 4.69) is 5.32 Å². The molecular formula is C11H23NO4. The van der Waals surface area contributed by atoms with E-state index >= 15 is 0 Å². The Hall–Kier alpha value is -0.650. The maximum atomic E-state index is 10.9. The zero-order chi connectivity index (χ0) is 12.4. The van der Waals surface area contributed by atoms with Crippen molar-refractivity contribution in [1.82, 2.24) is 5.32 Å². The highest BCUT2D eigenvalue weighted by atomic mass is 16.6. The summed E-state index contributed by atoms with van der Waals surface area (Å²) < 4.78 is 9.83. The summed E-state index contributed by atoms with van der Waals surface area (Å²) in [5.41, 5.74) is -0.109. The van der Waals surface area contributed by atoms with Crippen molar-refractivity contribution in [3.05, 3.63) is 0 Å². The van der Waals surface area contributed by atoms with Gasteiger partial charge in [0.25, 0.3) is 0 Å². The van der Waals surface area contributed by atoms with Crippen molar-refractivity contribution in [3.8, 4) is 0 Å². The summed E-state index contributed by atoms with van der Waals surface area (Å²) in [5.74, 6) is -0.336. The van der Waals surface area contributed by atoms with E-state index in [1.807, 2.05) is 13.8 Å². The number of nitrogens with one attached hydrogen (secondary N) is 1. The SMILES string of the molecule is CCOC(=O)COCCNC(C)(C)CCO. The van der Waals surface area contributed by atoms with Crippen molar-refractivity contribution in [2.75, 3.05) is 33.0 Å². The molecule has 5 heteroatoms. The smallest absolute Gasteiger partial charge is 0.332 e. The van der Waals surface area contributed by atoms with Gasteiger partial charge in [-0.25, -0.2) is 4.79 Å². The zero-order valence-electron chi connectivity index (χ0n) is 10.4. The number of rotatable bonds is 9. The molecule has 0 rings (SSSR count). The number of hydrogen-bond acceptors (Lipinski definition) is 5. The fourth-order valence-corrected chi connectivity index (χ4v) is 1.19. The molecule has 0 aromatic carbocycles. The molecule has 96 valence electrons. The monoisotopic (exact) mass is 233 g/mol. The minimum atomic E-state index is -0.336. The highest BCUT2D eigenvalue weighted by Crippen LogP contribution is 2.05. The van der Waals surface area contributed by atoms with Crippen molar-refractivity contribution in [2.45, 2.75) is 32.7 Å². The highest BCUT2D eigenvalue weighted by molar-refractivity contribution is 5.70. The molecule has 0 aliphatic rings. The predicted molar refractivity (Wildman–Crippen MR) is 61.2 cm³/mol. The Bertz CT molecular complexity index is 194. The molecule has 0 bridgehead atoms. The van der Waals surface area contributed by atoms with Gasteiger partial charge in [0, 0.05) is 18.7 Å². The fraction of sp³-hybridized carbons (Fsp3) is 0.909. The van der Waals surface area contributed by atoms with E-state index < -0.39 is 0 Å². The largest absolute Gasteiger partial charge is 0.464 e. The van der Waals surface area contributed by atoms with E-state index in [0.717, 1.165) is 0 Å². The first kappa shape index (κ1) is 15.3. The van der Waals surface area contributed by atoms with Crippen LogP contribution in [0.1, 0.15) is 27.2 Å². The Balaban J connectivity index is 3.42. The zero-order valence-corrected chi connectivity index (χ0v) is 10.4. The van der Waals surface area contributed by atoms with Crippen LogP contribution in [0.3, 0.4) is 0 Å². The molecular weight excluding hydrogens is 210 g/mol. The number of ether oxygens (including phenoxy) is 2. The van der Waals surface area contributed by atoms with Crippen LogP contribution in [-0.2, 0) is 14.3 Å². The van der Waals surface area contributed by atoms with Crippen LogP contribution in [0, 0.1) is 0 Å². The van der Waals surface area contributed by atoms with Crippen molar-refractivity contribution in [2.24, 2.45) is 0 Å². The molecule has 0 aliphatic heterocycles. The average Bonchev–Trinajstić information content (AvgIpc) is 2.17. The molecule has 0 radical (unpaired) electrons. The lowest BCUT2D eigenvalue weighted by Gasteiger charge is -2.25. The summed E-state index contributed by atoms with van der Waals surface area (Å²) in [6.45, 7) is 7.41. The van der Waals surface area contributed by atoms with Gasteiger partial charge in [0.2, 0.25) is 0 Å². The van der Waals surface area contributed by atoms with Crippen LogP contribution in [0.25, 0.3) is 0 Å². The van der Waals surface area contributed by atoms with Crippen LogP contribution in [0.15, 0.2) is 0 Å². The third-order valence-electron chi connectivity index (χ3n) is 2.11. The number of esters is 1. The van der Waals surface area contributed by atoms with E-state index in [9.17, 15) is 4.79 Å².